The van der Waals surface area contributed by atoms with E-state index in [1.807, 2.05) is 0 Å². The fourth-order valence-electron chi connectivity index (χ4n) is 0.840. The second-order valence-corrected chi connectivity index (χ2v) is 2.29. The molecule has 1 aromatic rings. The Bertz CT molecular complexity index is 329. The lowest BCUT2D eigenvalue weighted by Gasteiger charge is -2.15. The number of halogens is 4. The number of hydrogen-bond acceptors (Lipinski definition) is 1. The highest BCUT2D eigenvalue weighted by Gasteiger charge is 2.27. The molecule has 1 rings (SSSR count). The van der Waals surface area contributed by atoms with Crippen LogP contribution in [0.4, 0.5) is 17.6 Å². The molecule has 0 atom stereocenters. The van der Waals surface area contributed by atoms with Crippen molar-refractivity contribution >= 4 is 6.29 Å². The molecule has 70 valence electrons. The lowest BCUT2D eigenvalue weighted by atomic mass is 10.1. The van der Waals surface area contributed by atoms with Gasteiger partial charge < -0.3 is 4.79 Å². The zero-order valence-corrected chi connectivity index (χ0v) is 6.15. The maximum Gasteiger partial charge on any atom is 0.371 e. The molecule has 13 heavy (non-hydrogen) atoms. The van der Waals surface area contributed by atoms with Gasteiger partial charge in [-0.05, 0) is 5.56 Å². The molecule has 1 aromatic carbocycles. The Morgan fingerprint density at radius 1 is 1.23 bits per heavy atom. The van der Waals surface area contributed by atoms with Crippen molar-refractivity contribution < 1.29 is 22.4 Å². The summed E-state index contributed by atoms with van der Waals surface area (Å²) in [7, 11) is 0. The van der Waals surface area contributed by atoms with Crippen molar-refractivity contribution in [3.8, 4) is 0 Å². The zero-order chi connectivity index (χ0) is 10.1. The first kappa shape index (κ1) is 9.70. The Morgan fingerprint density at radius 2 is 1.85 bits per heavy atom. The summed E-state index contributed by atoms with van der Waals surface area (Å²) in [5.41, 5.74) is -1.99. The summed E-state index contributed by atoms with van der Waals surface area (Å²) in [5, 5.41) is 0. The van der Waals surface area contributed by atoms with E-state index in [9.17, 15) is 22.4 Å². The summed E-state index contributed by atoms with van der Waals surface area (Å²) in [4.78, 5) is 10.0. The van der Waals surface area contributed by atoms with Crippen LogP contribution in [0.15, 0.2) is 18.2 Å². The van der Waals surface area contributed by atoms with Gasteiger partial charge in [0.15, 0.2) is 0 Å². The summed E-state index contributed by atoms with van der Waals surface area (Å²) in [6.07, 6.45) is -3.63. The standard InChI is InChI=1S/C8H3F4O/c9-6-2-1-5(4-13)7(3-6)8(10,11)12/h1-3H/q-1. The largest absolute Gasteiger partial charge is 0.376 e. The molecule has 0 aliphatic heterocycles. The number of alkyl halides is 3. The van der Waals surface area contributed by atoms with Gasteiger partial charge in [-0.3, -0.25) is 0 Å². The first-order valence-electron chi connectivity index (χ1n) is 3.20. The fraction of sp³-hybridized carbons (Fsp3) is 0.125. The van der Waals surface area contributed by atoms with E-state index in [1.54, 1.807) is 0 Å². The van der Waals surface area contributed by atoms with Crippen molar-refractivity contribution in [2.24, 2.45) is 0 Å². The minimum atomic E-state index is -4.73. The molecule has 0 heterocycles. The first-order valence-corrected chi connectivity index (χ1v) is 3.20. The van der Waals surface area contributed by atoms with Crippen LogP contribution in [0.2, 0.25) is 0 Å². The van der Waals surface area contributed by atoms with Gasteiger partial charge >= 0.3 is 6.18 Å². The van der Waals surface area contributed by atoms with Crippen LogP contribution in [0.25, 0.3) is 0 Å². The smallest absolute Gasteiger partial charge is 0.371 e. The van der Waals surface area contributed by atoms with Gasteiger partial charge in [0.1, 0.15) is 0 Å². The van der Waals surface area contributed by atoms with E-state index in [-0.39, 0.29) is 6.07 Å². The average Bonchev–Trinajstić information content (AvgIpc) is 2.03. The quantitative estimate of drug-likeness (QED) is 0.491. The monoisotopic (exact) mass is 191 g/mol. The molecule has 0 amide bonds. The van der Waals surface area contributed by atoms with Crippen molar-refractivity contribution in [2.75, 3.05) is 0 Å². The molecule has 0 saturated heterocycles. The minimum Gasteiger partial charge on any atom is -0.376 e. The van der Waals surface area contributed by atoms with Crippen LogP contribution in [0, 0.1) is 5.82 Å². The number of hydrogen-bond donors (Lipinski definition) is 0. The molecular weight excluding hydrogens is 188 g/mol. The molecule has 0 fully saturated rings. The molecule has 0 unspecified atom stereocenters. The van der Waals surface area contributed by atoms with Crippen LogP contribution in [-0.4, -0.2) is 6.29 Å². The lowest BCUT2D eigenvalue weighted by Crippen LogP contribution is -2.09. The Morgan fingerprint density at radius 3 is 2.31 bits per heavy atom. The van der Waals surface area contributed by atoms with Crippen molar-refractivity contribution in [1.29, 1.82) is 0 Å². The predicted molar refractivity (Wildman–Crippen MR) is 36.2 cm³/mol. The molecule has 0 aromatic heterocycles. The highest BCUT2D eigenvalue weighted by Crippen LogP contribution is 2.31. The Balaban J connectivity index is 3.32. The molecule has 0 N–H and O–H groups in total. The highest BCUT2D eigenvalue weighted by atomic mass is 19.4. The second kappa shape index (κ2) is 3.16. The molecule has 5 heteroatoms. The molecule has 0 spiro atoms. The average molecular weight is 191 g/mol. The van der Waals surface area contributed by atoms with E-state index < -0.39 is 23.1 Å². The topological polar surface area (TPSA) is 17.1 Å². The normalized spacial score (nSPS) is 11.4. The SMILES string of the molecule is O=[C-]c1ccc(F)cc1C(F)(F)F. The van der Waals surface area contributed by atoms with Crippen LogP contribution in [0.1, 0.15) is 11.1 Å². The van der Waals surface area contributed by atoms with Gasteiger partial charge in [0.25, 0.3) is 0 Å². The summed E-state index contributed by atoms with van der Waals surface area (Å²) >= 11 is 0. The van der Waals surface area contributed by atoms with Gasteiger partial charge in [0.05, 0.1) is 12.1 Å². The number of carbonyl (C=O) groups excluding carboxylic acids is 1. The van der Waals surface area contributed by atoms with Gasteiger partial charge in [-0.1, -0.05) is 12.1 Å². The Labute approximate surface area is 71.0 Å². The third-order valence-corrected chi connectivity index (χ3v) is 1.40. The van der Waals surface area contributed by atoms with Crippen molar-refractivity contribution in [1.82, 2.24) is 0 Å². The minimum absolute atomic E-state index is 0.264. The third-order valence-electron chi connectivity index (χ3n) is 1.40. The Kier molecular flexibility index (Phi) is 2.36. The first-order chi connectivity index (χ1) is 5.95. The molecule has 0 bridgehead atoms. The van der Waals surface area contributed by atoms with Crippen molar-refractivity contribution in [3.05, 3.63) is 35.1 Å². The summed E-state index contributed by atoms with van der Waals surface area (Å²) < 4.78 is 48.6. The van der Waals surface area contributed by atoms with Gasteiger partial charge in [-0.2, -0.15) is 19.2 Å². The van der Waals surface area contributed by atoms with Crippen LogP contribution in [0.3, 0.4) is 0 Å². The van der Waals surface area contributed by atoms with Gasteiger partial charge in [-0.15, -0.1) is 5.56 Å². The van der Waals surface area contributed by atoms with E-state index in [2.05, 4.69) is 0 Å². The van der Waals surface area contributed by atoms with E-state index in [0.29, 0.717) is 0 Å². The summed E-state index contributed by atoms with van der Waals surface area (Å²) in [5.74, 6) is -1.04. The highest BCUT2D eigenvalue weighted by molar-refractivity contribution is 5.78. The second-order valence-electron chi connectivity index (χ2n) is 2.29. The molecular formula is C8H3F4O-. The van der Waals surface area contributed by atoms with Crippen molar-refractivity contribution in [3.63, 3.8) is 0 Å². The maximum absolute atomic E-state index is 12.4. The van der Waals surface area contributed by atoms with Gasteiger partial charge in [0, 0.05) is 0 Å². The van der Waals surface area contributed by atoms with Crippen molar-refractivity contribution in [2.45, 2.75) is 6.18 Å². The molecule has 0 saturated carbocycles. The fourth-order valence-corrected chi connectivity index (χ4v) is 0.840. The number of rotatable bonds is 1. The van der Waals surface area contributed by atoms with E-state index in [0.717, 1.165) is 18.4 Å². The van der Waals surface area contributed by atoms with Gasteiger partial charge in [-0.25, -0.2) is 4.39 Å². The van der Waals surface area contributed by atoms with Gasteiger partial charge in [0.2, 0.25) is 0 Å². The lowest BCUT2D eigenvalue weighted by molar-refractivity contribution is -0.137. The molecule has 1 nitrogen and oxygen atoms in total. The maximum atomic E-state index is 12.4. The summed E-state index contributed by atoms with van der Waals surface area (Å²) in [6, 6.07) is 1.78. The van der Waals surface area contributed by atoms with Crippen LogP contribution in [0.5, 0.6) is 0 Å². The molecule has 0 aliphatic rings. The molecule has 0 aliphatic carbocycles. The zero-order valence-electron chi connectivity index (χ0n) is 6.15. The van der Waals surface area contributed by atoms with Crippen LogP contribution in [-0.2, 0) is 11.0 Å². The molecule has 0 radical (unpaired) electrons. The predicted octanol–water partition coefficient (Wildman–Crippen LogP) is 2.30. The number of benzene rings is 1. The van der Waals surface area contributed by atoms with Crippen LogP contribution >= 0.6 is 0 Å². The van der Waals surface area contributed by atoms with E-state index >= 15 is 0 Å². The van der Waals surface area contributed by atoms with Crippen LogP contribution < -0.4 is 0 Å². The third kappa shape index (κ3) is 2.05. The Hall–Kier alpha value is -1.39. The summed E-state index contributed by atoms with van der Waals surface area (Å²) in [6.45, 7) is 0. The van der Waals surface area contributed by atoms with E-state index in [4.69, 9.17) is 0 Å². The van der Waals surface area contributed by atoms with E-state index in [1.165, 1.54) is 0 Å².